The number of rotatable bonds is 7. The first kappa shape index (κ1) is 17.9. The highest BCUT2D eigenvalue weighted by molar-refractivity contribution is 9.10. The van der Waals surface area contributed by atoms with E-state index in [-0.39, 0.29) is 23.8 Å². The molecule has 0 heterocycles. The van der Waals surface area contributed by atoms with E-state index in [4.69, 9.17) is 5.73 Å². The molecule has 0 atom stereocenters. The number of sulfonamides is 1. The number of anilines is 1. The van der Waals surface area contributed by atoms with Gasteiger partial charge in [0.15, 0.2) is 0 Å². The van der Waals surface area contributed by atoms with Crippen LogP contribution in [0.5, 0.6) is 0 Å². The number of nitrogens with one attached hydrogen (secondary N) is 2. The number of carbonyl (C=O) groups is 1. The Kier molecular flexibility index (Phi) is 6.63. The Morgan fingerprint density at radius 1 is 1.38 bits per heavy atom. The maximum atomic E-state index is 12.0. The Labute approximate surface area is 133 Å². The van der Waals surface area contributed by atoms with Gasteiger partial charge in [0.1, 0.15) is 0 Å². The van der Waals surface area contributed by atoms with E-state index in [0.29, 0.717) is 22.6 Å². The summed E-state index contributed by atoms with van der Waals surface area (Å²) in [5.41, 5.74) is 6.00. The maximum absolute atomic E-state index is 12.0. The Bertz CT molecular complexity index is 603. The highest BCUT2D eigenvalue weighted by atomic mass is 79.9. The van der Waals surface area contributed by atoms with Crippen LogP contribution in [-0.2, 0) is 14.8 Å². The lowest BCUT2D eigenvalue weighted by Crippen LogP contribution is -2.32. The van der Waals surface area contributed by atoms with Gasteiger partial charge in [0.05, 0.1) is 4.90 Å². The van der Waals surface area contributed by atoms with E-state index in [1.807, 2.05) is 13.8 Å². The van der Waals surface area contributed by atoms with E-state index in [2.05, 4.69) is 26.0 Å². The van der Waals surface area contributed by atoms with Crippen molar-refractivity contribution in [1.29, 1.82) is 0 Å². The molecule has 0 aliphatic rings. The SMILES string of the molecule is CC(C)CNC(=O)CCNS(=O)(=O)c1ccc(Br)c(N)c1. The molecule has 1 aromatic rings. The van der Waals surface area contributed by atoms with Crippen molar-refractivity contribution in [2.24, 2.45) is 5.92 Å². The number of nitrogens with two attached hydrogens (primary N) is 1. The van der Waals surface area contributed by atoms with Gasteiger partial charge in [-0.1, -0.05) is 13.8 Å². The number of amides is 1. The first-order chi connectivity index (χ1) is 9.72. The molecule has 0 radical (unpaired) electrons. The molecule has 6 nitrogen and oxygen atoms in total. The van der Waals surface area contributed by atoms with Crippen molar-refractivity contribution in [2.75, 3.05) is 18.8 Å². The van der Waals surface area contributed by atoms with Gasteiger partial charge in [0.2, 0.25) is 15.9 Å². The van der Waals surface area contributed by atoms with Crippen LogP contribution in [0.4, 0.5) is 5.69 Å². The predicted octanol–water partition coefficient (Wildman–Crippen LogP) is 1.47. The van der Waals surface area contributed by atoms with Crippen LogP contribution in [0.15, 0.2) is 27.6 Å². The van der Waals surface area contributed by atoms with E-state index < -0.39 is 10.0 Å². The van der Waals surface area contributed by atoms with Crippen LogP contribution in [0, 0.1) is 5.92 Å². The van der Waals surface area contributed by atoms with Crippen LogP contribution < -0.4 is 15.8 Å². The van der Waals surface area contributed by atoms with Crippen molar-refractivity contribution >= 4 is 37.5 Å². The molecule has 0 spiro atoms. The predicted molar refractivity (Wildman–Crippen MR) is 86.2 cm³/mol. The lowest BCUT2D eigenvalue weighted by molar-refractivity contribution is -0.121. The molecular formula is C13H20BrN3O3S. The molecule has 0 aliphatic heterocycles. The summed E-state index contributed by atoms with van der Waals surface area (Å²) in [7, 11) is -3.66. The van der Waals surface area contributed by atoms with Crippen molar-refractivity contribution < 1.29 is 13.2 Å². The van der Waals surface area contributed by atoms with Gasteiger partial charge < -0.3 is 11.1 Å². The number of hydrogen-bond acceptors (Lipinski definition) is 4. The van der Waals surface area contributed by atoms with Crippen LogP contribution in [-0.4, -0.2) is 27.4 Å². The van der Waals surface area contributed by atoms with Gasteiger partial charge >= 0.3 is 0 Å². The molecule has 0 aliphatic carbocycles. The number of hydrogen-bond donors (Lipinski definition) is 3. The second-order valence-electron chi connectivity index (χ2n) is 5.03. The summed E-state index contributed by atoms with van der Waals surface area (Å²) in [6.45, 7) is 4.60. The standard InChI is InChI=1S/C13H20BrN3O3S/c1-9(2)8-16-13(18)5-6-17-21(19,20)10-3-4-11(14)12(15)7-10/h3-4,7,9,17H,5-6,8,15H2,1-2H3,(H,16,18). The highest BCUT2D eigenvalue weighted by Gasteiger charge is 2.15. The van der Waals surface area contributed by atoms with Crippen LogP contribution in [0.3, 0.4) is 0 Å². The third kappa shape index (κ3) is 6.03. The molecule has 0 bridgehead atoms. The molecule has 4 N–H and O–H groups in total. The van der Waals surface area contributed by atoms with E-state index in [1.165, 1.54) is 12.1 Å². The minimum absolute atomic E-state index is 0.0439. The Balaban J connectivity index is 2.53. The van der Waals surface area contributed by atoms with E-state index in [9.17, 15) is 13.2 Å². The molecular weight excluding hydrogens is 358 g/mol. The van der Waals surface area contributed by atoms with E-state index in [1.54, 1.807) is 6.07 Å². The second kappa shape index (κ2) is 7.77. The van der Waals surface area contributed by atoms with Gasteiger partial charge in [-0.25, -0.2) is 13.1 Å². The smallest absolute Gasteiger partial charge is 0.240 e. The summed E-state index contributed by atoms with van der Waals surface area (Å²) >= 11 is 3.20. The molecule has 1 aromatic carbocycles. The number of halogens is 1. The Morgan fingerprint density at radius 2 is 2.05 bits per heavy atom. The quantitative estimate of drug-likeness (QED) is 0.626. The number of nitrogen functional groups attached to an aromatic ring is 1. The third-order valence-electron chi connectivity index (χ3n) is 2.63. The maximum Gasteiger partial charge on any atom is 0.240 e. The van der Waals surface area contributed by atoms with Gasteiger partial charge in [-0.05, 0) is 40.0 Å². The summed E-state index contributed by atoms with van der Waals surface area (Å²) in [6.07, 6.45) is 0.0952. The fraction of sp³-hybridized carbons (Fsp3) is 0.462. The Hall–Kier alpha value is -1.12. The fourth-order valence-corrected chi connectivity index (χ4v) is 2.79. The molecule has 0 unspecified atom stereocenters. The van der Waals surface area contributed by atoms with Gasteiger partial charge in [0, 0.05) is 29.7 Å². The van der Waals surface area contributed by atoms with E-state index >= 15 is 0 Å². The molecule has 0 aromatic heterocycles. The summed E-state index contributed by atoms with van der Waals surface area (Å²) in [6, 6.07) is 4.38. The van der Waals surface area contributed by atoms with Crippen molar-refractivity contribution in [3.8, 4) is 0 Å². The fourth-order valence-electron chi connectivity index (χ4n) is 1.48. The van der Waals surface area contributed by atoms with Crippen molar-refractivity contribution in [1.82, 2.24) is 10.0 Å². The second-order valence-corrected chi connectivity index (χ2v) is 7.65. The largest absolute Gasteiger partial charge is 0.398 e. The molecule has 1 rings (SSSR count). The molecule has 118 valence electrons. The first-order valence-corrected chi connectivity index (χ1v) is 8.81. The first-order valence-electron chi connectivity index (χ1n) is 6.54. The number of benzene rings is 1. The summed E-state index contributed by atoms with van der Waals surface area (Å²) in [5, 5.41) is 2.72. The summed E-state index contributed by atoms with van der Waals surface area (Å²) in [4.78, 5) is 11.6. The summed E-state index contributed by atoms with van der Waals surface area (Å²) < 4.78 is 27.1. The third-order valence-corrected chi connectivity index (χ3v) is 4.81. The van der Waals surface area contributed by atoms with Crippen LogP contribution in [0.25, 0.3) is 0 Å². The number of carbonyl (C=O) groups excluding carboxylic acids is 1. The zero-order valence-electron chi connectivity index (χ0n) is 12.0. The minimum Gasteiger partial charge on any atom is -0.398 e. The van der Waals surface area contributed by atoms with Crippen molar-refractivity contribution in [3.05, 3.63) is 22.7 Å². The zero-order valence-corrected chi connectivity index (χ0v) is 14.4. The zero-order chi connectivity index (χ0) is 16.0. The monoisotopic (exact) mass is 377 g/mol. The van der Waals surface area contributed by atoms with E-state index in [0.717, 1.165) is 0 Å². The minimum atomic E-state index is -3.66. The normalized spacial score (nSPS) is 11.6. The van der Waals surface area contributed by atoms with Gasteiger partial charge in [-0.3, -0.25) is 4.79 Å². The molecule has 21 heavy (non-hydrogen) atoms. The van der Waals surface area contributed by atoms with Crippen molar-refractivity contribution in [3.63, 3.8) is 0 Å². The van der Waals surface area contributed by atoms with Crippen LogP contribution in [0.1, 0.15) is 20.3 Å². The van der Waals surface area contributed by atoms with Crippen LogP contribution in [0.2, 0.25) is 0 Å². The van der Waals surface area contributed by atoms with Gasteiger partial charge in [0.25, 0.3) is 0 Å². The average molecular weight is 378 g/mol. The van der Waals surface area contributed by atoms with Crippen molar-refractivity contribution in [2.45, 2.75) is 25.2 Å². The topological polar surface area (TPSA) is 101 Å². The molecule has 0 saturated carbocycles. The lowest BCUT2D eigenvalue weighted by Gasteiger charge is -2.09. The lowest BCUT2D eigenvalue weighted by atomic mass is 10.2. The summed E-state index contributed by atoms with van der Waals surface area (Å²) in [5.74, 6) is 0.179. The van der Waals surface area contributed by atoms with Crippen LogP contribution >= 0.6 is 15.9 Å². The molecule has 0 saturated heterocycles. The molecule has 1 amide bonds. The van der Waals surface area contributed by atoms with Gasteiger partial charge in [-0.2, -0.15) is 0 Å². The molecule has 0 fully saturated rings. The molecule has 8 heteroatoms. The van der Waals surface area contributed by atoms with Gasteiger partial charge in [-0.15, -0.1) is 0 Å². The Morgan fingerprint density at radius 3 is 2.62 bits per heavy atom. The average Bonchev–Trinajstić information content (AvgIpc) is 2.39. The highest BCUT2D eigenvalue weighted by Crippen LogP contribution is 2.22.